The van der Waals surface area contributed by atoms with Gasteiger partial charge >= 0.3 is 11.9 Å². The first-order valence-corrected chi connectivity index (χ1v) is 23.5. The van der Waals surface area contributed by atoms with Gasteiger partial charge in [-0.1, -0.05) is 215 Å². The predicted octanol–water partition coefficient (Wildman–Crippen LogP) is 15.3. The minimum absolute atomic E-state index is 0.0726. The third-order valence-electron chi connectivity index (χ3n) is 10.0. The molecule has 0 radical (unpaired) electrons. The summed E-state index contributed by atoms with van der Waals surface area (Å²) in [4.78, 5) is 24.4. The largest absolute Gasteiger partial charge is 0.462 e. The van der Waals surface area contributed by atoms with Gasteiger partial charge in [-0.25, -0.2) is 0 Å². The summed E-state index contributed by atoms with van der Waals surface area (Å²) in [6.07, 6.45) is 62.6. The second-order valence-electron chi connectivity index (χ2n) is 15.5. The van der Waals surface area contributed by atoms with Crippen LogP contribution in [-0.2, 0) is 19.1 Å². The molecule has 0 bridgehead atoms. The molecule has 0 saturated carbocycles. The SMILES string of the molecule is CC/C=C\C/C=C\C/C=C\C/C=C\C/C=C\C/C=C\CCCCCCCCC(=O)OC(CO)COC(=O)CCCCCCCCCCCCCCCCCCC. The Balaban J connectivity index is 3.58. The Morgan fingerprint density at radius 2 is 0.768 bits per heavy atom. The van der Waals surface area contributed by atoms with Crippen molar-refractivity contribution in [2.24, 2.45) is 0 Å². The second-order valence-corrected chi connectivity index (χ2v) is 15.5. The first kappa shape index (κ1) is 53.3. The Kier molecular flexibility index (Phi) is 44.5. The fourth-order valence-corrected chi connectivity index (χ4v) is 6.50. The summed E-state index contributed by atoms with van der Waals surface area (Å²) < 4.78 is 10.6. The zero-order valence-corrected chi connectivity index (χ0v) is 36.6. The molecule has 0 aliphatic carbocycles. The van der Waals surface area contributed by atoms with Crippen molar-refractivity contribution < 1.29 is 24.2 Å². The summed E-state index contributed by atoms with van der Waals surface area (Å²) >= 11 is 0. The molecule has 0 rings (SSSR count). The lowest BCUT2D eigenvalue weighted by Crippen LogP contribution is -2.28. The first-order valence-electron chi connectivity index (χ1n) is 23.5. The molecule has 1 unspecified atom stereocenters. The minimum Gasteiger partial charge on any atom is -0.462 e. The fraction of sp³-hybridized carbons (Fsp3) is 0.725. The summed E-state index contributed by atoms with van der Waals surface area (Å²) in [5.74, 6) is -0.604. The number of esters is 2. The summed E-state index contributed by atoms with van der Waals surface area (Å²) in [6, 6.07) is 0. The quantitative estimate of drug-likeness (QED) is 0.0379. The van der Waals surface area contributed by atoms with Crippen LogP contribution in [0.5, 0.6) is 0 Å². The van der Waals surface area contributed by atoms with Crippen LogP contribution in [0.4, 0.5) is 0 Å². The highest BCUT2D eigenvalue weighted by molar-refractivity contribution is 5.70. The highest BCUT2D eigenvalue weighted by atomic mass is 16.6. The molecule has 0 spiro atoms. The number of aliphatic hydroxyl groups is 1. The van der Waals surface area contributed by atoms with Crippen LogP contribution in [0.3, 0.4) is 0 Å². The Labute approximate surface area is 346 Å². The Morgan fingerprint density at radius 3 is 1.16 bits per heavy atom. The van der Waals surface area contributed by atoms with Crippen molar-refractivity contribution in [2.45, 2.75) is 225 Å². The van der Waals surface area contributed by atoms with E-state index in [1.165, 1.54) is 109 Å². The van der Waals surface area contributed by atoms with Gasteiger partial charge in [-0.2, -0.15) is 0 Å². The molecule has 1 N–H and O–H groups in total. The van der Waals surface area contributed by atoms with E-state index in [1.54, 1.807) is 0 Å². The summed E-state index contributed by atoms with van der Waals surface area (Å²) in [7, 11) is 0. The van der Waals surface area contributed by atoms with E-state index < -0.39 is 6.10 Å². The number of carbonyl (C=O) groups is 2. The number of aliphatic hydroxyl groups excluding tert-OH is 1. The van der Waals surface area contributed by atoms with Crippen LogP contribution < -0.4 is 0 Å². The van der Waals surface area contributed by atoms with Crippen molar-refractivity contribution in [1.82, 2.24) is 0 Å². The fourth-order valence-electron chi connectivity index (χ4n) is 6.50. The van der Waals surface area contributed by atoms with E-state index in [1.807, 2.05) is 0 Å². The number of carbonyl (C=O) groups excluding carboxylic acids is 2. The minimum atomic E-state index is -0.781. The van der Waals surface area contributed by atoms with Crippen LogP contribution in [0.25, 0.3) is 0 Å². The van der Waals surface area contributed by atoms with Gasteiger partial charge in [0, 0.05) is 12.8 Å². The average Bonchev–Trinajstić information content (AvgIpc) is 3.20. The zero-order valence-electron chi connectivity index (χ0n) is 36.6. The molecular formula is C51H88O5. The molecule has 1 atom stereocenters. The predicted molar refractivity (Wildman–Crippen MR) is 242 cm³/mol. The number of rotatable bonds is 42. The summed E-state index contributed by atoms with van der Waals surface area (Å²) in [5, 5.41) is 9.60. The van der Waals surface area contributed by atoms with Gasteiger partial charge in [0.2, 0.25) is 0 Å². The number of allylic oxidation sites excluding steroid dienone is 12. The molecular weight excluding hydrogens is 693 g/mol. The number of hydrogen-bond acceptors (Lipinski definition) is 5. The van der Waals surface area contributed by atoms with E-state index in [9.17, 15) is 14.7 Å². The highest BCUT2D eigenvalue weighted by Gasteiger charge is 2.16. The van der Waals surface area contributed by atoms with Gasteiger partial charge < -0.3 is 14.6 Å². The Hall–Kier alpha value is -2.66. The van der Waals surface area contributed by atoms with Gasteiger partial charge in [-0.15, -0.1) is 0 Å². The third-order valence-corrected chi connectivity index (χ3v) is 10.0. The summed E-state index contributed by atoms with van der Waals surface area (Å²) in [6.45, 7) is 4.02. The van der Waals surface area contributed by atoms with Gasteiger partial charge in [-0.05, 0) is 64.2 Å². The molecule has 56 heavy (non-hydrogen) atoms. The lowest BCUT2D eigenvalue weighted by atomic mass is 10.0. The van der Waals surface area contributed by atoms with Crippen LogP contribution in [0.15, 0.2) is 72.9 Å². The lowest BCUT2D eigenvalue weighted by Gasteiger charge is -2.15. The van der Waals surface area contributed by atoms with Crippen molar-refractivity contribution in [2.75, 3.05) is 13.2 Å². The van der Waals surface area contributed by atoms with Crippen LogP contribution in [0.1, 0.15) is 219 Å². The molecule has 5 heteroatoms. The monoisotopic (exact) mass is 781 g/mol. The number of hydrogen-bond donors (Lipinski definition) is 1. The van der Waals surface area contributed by atoms with E-state index >= 15 is 0 Å². The smallest absolute Gasteiger partial charge is 0.306 e. The molecule has 322 valence electrons. The standard InChI is InChI=1S/C51H88O5/c1-3-5-7-9-11-13-15-17-19-21-22-23-24-25-26-27-28-30-32-34-36-38-40-42-44-46-51(54)56-49(47-52)48-55-50(53)45-43-41-39-37-35-33-31-29-20-18-16-14-12-10-8-6-4-2/h5,7,11,13,17,19,22-23,25-26,28,30,49,52H,3-4,6,8-10,12,14-16,18,20-21,24,27,29,31-48H2,1-2H3/b7-5-,13-11-,19-17-,23-22-,26-25-,30-28-. The topological polar surface area (TPSA) is 72.8 Å². The van der Waals surface area contributed by atoms with E-state index in [0.29, 0.717) is 12.8 Å². The van der Waals surface area contributed by atoms with E-state index in [0.717, 1.165) is 83.5 Å². The summed E-state index contributed by atoms with van der Waals surface area (Å²) in [5.41, 5.74) is 0. The molecule has 0 amide bonds. The number of unbranched alkanes of at least 4 members (excludes halogenated alkanes) is 22. The Bertz CT molecular complexity index is 1020. The van der Waals surface area contributed by atoms with Crippen molar-refractivity contribution >= 4 is 11.9 Å². The van der Waals surface area contributed by atoms with E-state index in [2.05, 4.69) is 86.8 Å². The average molecular weight is 781 g/mol. The molecule has 0 aromatic rings. The highest BCUT2D eigenvalue weighted by Crippen LogP contribution is 2.15. The zero-order chi connectivity index (χ0) is 40.7. The van der Waals surface area contributed by atoms with Crippen LogP contribution in [0.2, 0.25) is 0 Å². The van der Waals surface area contributed by atoms with Gasteiger partial charge in [0.1, 0.15) is 6.61 Å². The molecule has 0 aromatic heterocycles. The molecule has 0 heterocycles. The van der Waals surface area contributed by atoms with Gasteiger partial charge in [0.25, 0.3) is 0 Å². The number of ether oxygens (including phenoxy) is 2. The van der Waals surface area contributed by atoms with Gasteiger partial charge in [0.15, 0.2) is 6.10 Å². The molecule has 0 saturated heterocycles. The Morgan fingerprint density at radius 1 is 0.429 bits per heavy atom. The molecule has 0 aliphatic heterocycles. The molecule has 0 aromatic carbocycles. The maximum Gasteiger partial charge on any atom is 0.306 e. The van der Waals surface area contributed by atoms with Gasteiger partial charge in [0.05, 0.1) is 6.61 Å². The van der Waals surface area contributed by atoms with E-state index in [-0.39, 0.29) is 25.2 Å². The third kappa shape index (κ3) is 44.1. The molecule has 0 fully saturated rings. The van der Waals surface area contributed by atoms with Crippen molar-refractivity contribution in [3.05, 3.63) is 72.9 Å². The molecule has 0 aliphatic rings. The van der Waals surface area contributed by atoms with Crippen molar-refractivity contribution in [3.8, 4) is 0 Å². The molecule has 5 nitrogen and oxygen atoms in total. The maximum absolute atomic E-state index is 12.2. The van der Waals surface area contributed by atoms with Crippen LogP contribution >= 0.6 is 0 Å². The first-order chi connectivity index (χ1) is 27.6. The van der Waals surface area contributed by atoms with Crippen molar-refractivity contribution in [3.63, 3.8) is 0 Å². The second kappa shape index (κ2) is 46.7. The van der Waals surface area contributed by atoms with Crippen molar-refractivity contribution in [1.29, 1.82) is 0 Å². The van der Waals surface area contributed by atoms with Crippen LogP contribution in [0, 0.1) is 0 Å². The van der Waals surface area contributed by atoms with E-state index in [4.69, 9.17) is 9.47 Å². The van der Waals surface area contributed by atoms with Gasteiger partial charge in [-0.3, -0.25) is 9.59 Å². The normalized spacial score (nSPS) is 12.8. The van der Waals surface area contributed by atoms with Crippen LogP contribution in [-0.4, -0.2) is 36.4 Å². The lowest BCUT2D eigenvalue weighted by molar-refractivity contribution is -0.161. The maximum atomic E-state index is 12.2.